The highest BCUT2D eigenvalue weighted by atomic mass is 19.1. The van der Waals surface area contributed by atoms with Crippen molar-refractivity contribution >= 4 is 11.0 Å². The first-order chi connectivity index (χ1) is 12.2. The maximum absolute atomic E-state index is 13.6. The molecule has 2 aromatic heterocycles. The summed E-state index contributed by atoms with van der Waals surface area (Å²) in [6, 6.07) is 15.6. The van der Waals surface area contributed by atoms with Gasteiger partial charge in [0.05, 0.1) is 22.4 Å². The molecule has 1 atom stereocenters. The summed E-state index contributed by atoms with van der Waals surface area (Å²) in [6.07, 6.45) is 0.612. The Bertz CT molecular complexity index is 1040. The molecule has 0 aliphatic rings. The molecule has 0 bridgehead atoms. The van der Waals surface area contributed by atoms with Crippen molar-refractivity contribution in [1.29, 1.82) is 0 Å². The van der Waals surface area contributed by atoms with E-state index in [9.17, 15) is 9.50 Å². The molecule has 0 saturated carbocycles. The minimum atomic E-state index is -0.974. The lowest BCUT2D eigenvalue weighted by molar-refractivity contribution is 0.197. The first-order valence-electron chi connectivity index (χ1n) is 8.12. The molecular formula is C19H17FN4O. The number of para-hydroxylation sites is 2. The number of benzene rings is 2. The van der Waals surface area contributed by atoms with E-state index in [1.165, 1.54) is 16.8 Å². The van der Waals surface area contributed by atoms with Gasteiger partial charge >= 0.3 is 0 Å². The first kappa shape index (κ1) is 15.5. The van der Waals surface area contributed by atoms with E-state index >= 15 is 0 Å². The number of halogens is 1. The van der Waals surface area contributed by atoms with Gasteiger partial charge in [-0.3, -0.25) is 0 Å². The van der Waals surface area contributed by atoms with Crippen molar-refractivity contribution in [3.63, 3.8) is 0 Å². The minimum absolute atomic E-state index is 0.353. The standard InChI is InChI=1S/C19H17FN4O/c1-2-23-16-9-4-3-8-15(16)22-19(23)18(25)17-10-11-21-24(17)14-7-5-6-13(20)12-14/h3-12,18,25H,2H2,1H3. The van der Waals surface area contributed by atoms with Crippen LogP contribution in [-0.2, 0) is 6.54 Å². The number of imidazole rings is 1. The number of rotatable bonds is 4. The van der Waals surface area contributed by atoms with Gasteiger partial charge in [-0.2, -0.15) is 5.10 Å². The van der Waals surface area contributed by atoms with E-state index in [1.807, 2.05) is 35.8 Å². The van der Waals surface area contributed by atoms with Crippen LogP contribution >= 0.6 is 0 Å². The molecule has 0 saturated heterocycles. The lowest BCUT2D eigenvalue weighted by Crippen LogP contribution is -2.13. The Hall–Kier alpha value is -2.99. The third kappa shape index (κ3) is 2.60. The van der Waals surface area contributed by atoms with Gasteiger partial charge in [-0.15, -0.1) is 0 Å². The SMILES string of the molecule is CCn1c(C(O)c2ccnn2-c2cccc(F)c2)nc2ccccc21. The summed E-state index contributed by atoms with van der Waals surface area (Å²) < 4.78 is 17.1. The summed E-state index contributed by atoms with van der Waals surface area (Å²) in [5, 5.41) is 15.2. The zero-order chi connectivity index (χ0) is 17.4. The summed E-state index contributed by atoms with van der Waals surface area (Å²) in [6.45, 7) is 2.69. The fourth-order valence-corrected chi connectivity index (χ4v) is 3.11. The normalized spacial score (nSPS) is 12.6. The maximum Gasteiger partial charge on any atom is 0.154 e. The molecule has 5 nitrogen and oxygen atoms in total. The zero-order valence-corrected chi connectivity index (χ0v) is 13.7. The zero-order valence-electron chi connectivity index (χ0n) is 13.7. The number of aromatic nitrogens is 4. The van der Waals surface area contributed by atoms with Gasteiger partial charge in [0.25, 0.3) is 0 Å². The fourth-order valence-electron chi connectivity index (χ4n) is 3.11. The van der Waals surface area contributed by atoms with Gasteiger partial charge in [0.15, 0.2) is 6.10 Å². The van der Waals surface area contributed by atoms with Crippen molar-refractivity contribution in [2.45, 2.75) is 19.6 Å². The highest BCUT2D eigenvalue weighted by molar-refractivity contribution is 5.76. The Morgan fingerprint density at radius 2 is 1.96 bits per heavy atom. The van der Waals surface area contributed by atoms with Crippen LogP contribution < -0.4 is 0 Å². The molecule has 4 aromatic rings. The van der Waals surface area contributed by atoms with Crippen LogP contribution in [0.3, 0.4) is 0 Å². The summed E-state index contributed by atoms with van der Waals surface area (Å²) in [5.74, 6) is 0.191. The number of aryl methyl sites for hydroxylation is 1. The number of nitrogens with zero attached hydrogens (tertiary/aromatic N) is 4. The second-order valence-corrected chi connectivity index (χ2v) is 5.75. The average molecular weight is 336 g/mol. The number of fused-ring (bicyclic) bond motifs is 1. The van der Waals surface area contributed by atoms with Gasteiger partial charge in [-0.05, 0) is 43.3 Å². The molecule has 2 aromatic carbocycles. The molecule has 2 heterocycles. The molecule has 1 unspecified atom stereocenters. The van der Waals surface area contributed by atoms with Crippen LogP contribution in [0, 0.1) is 5.82 Å². The quantitative estimate of drug-likeness (QED) is 0.621. The molecule has 0 fully saturated rings. The van der Waals surface area contributed by atoms with Gasteiger partial charge in [0.2, 0.25) is 0 Å². The number of hydrogen-bond donors (Lipinski definition) is 1. The summed E-state index contributed by atoms with van der Waals surface area (Å²) in [5.41, 5.74) is 2.89. The molecule has 1 N–H and O–H groups in total. The van der Waals surface area contributed by atoms with E-state index in [1.54, 1.807) is 24.4 Å². The molecule has 0 aliphatic carbocycles. The third-order valence-corrected chi connectivity index (χ3v) is 4.25. The Kier molecular flexibility index (Phi) is 3.82. The predicted molar refractivity (Wildman–Crippen MR) is 93.0 cm³/mol. The van der Waals surface area contributed by atoms with Crippen molar-refractivity contribution in [3.8, 4) is 5.69 Å². The van der Waals surface area contributed by atoms with Crippen LogP contribution in [-0.4, -0.2) is 24.4 Å². The van der Waals surface area contributed by atoms with Gasteiger partial charge in [0, 0.05) is 12.7 Å². The monoisotopic (exact) mass is 336 g/mol. The molecule has 0 amide bonds. The largest absolute Gasteiger partial charge is 0.379 e. The molecule has 126 valence electrons. The molecule has 0 spiro atoms. The molecule has 6 heteroatoms. The average Bonchev–Trinajstić information content (AvgIpc) is 3.25. The van der Waals surface area contributed by atoms with Crippen LogP contribution in [0.2, 0.25) is 0 Å². The smallest absolute Gasteiger partial charge is 0.154 e. The van der Waals surface area contributed by atoms with Crippen molar-refractivity contribution in [1.82, 2.24) is 19.3 Å². The third-order valence-electron chi connectivity index (χ3n) is 4.25. The second-order valence-electron chi connectivity index (χ2n) is 5.75. The Labute approximate surface area is 144 Å². The molecule has 25 heavy (non-hydrogen) atoms. The Morgan fingerprint density at radius 1 is 1.12 bits per heavy atom. The van der Waals surface area contributed by atoms with E-state index < -0.39 is 6.10 Å². The van der Waals surface area contributed by atoms with Crippen LogP contribution in [0.4, 0.5) is 4.39 Å². The predicted octanol–water partition coefficient (Wildman–Crippen LogP) is 3.46. The van der Waals surface area contributed by atoms with E-state index in [0.717, 1.165) is 11.0 Å². The molecule has 4 rings (SSSR count). The van der Waals surface area contributed by atoms with Gasteiger partial charge in [-0.1, -0.05) is 18.2 Å². The summed E-state index contributed by atoms with van der Waals surface area (Å²) in [7, 11) is 0. The highest BCUT2D eigenvalue weighted by Gasteiger charge is 2.23. The van der Waals surface area contributed by atoms with E-state index in [4.69, 9.17) is 0 Å². The second kappa shape index (κ2) is 6.14. The number of aliphatic hydroxyl groups excluding tert-OH is 1. The van der Waals surface area contributed by atoms with E-state index in [-0.39, 0.29) is 5.82 Å². The van der Waals surface area contributed by atoms with Crippen molar-refractivity contribution in [2.24, 2.45) is 0 Å². The van der Waals surface area contributed by atoms with Gasteiger partial charge in [-0.25, -0.2) is 14.1 Å². The van der Waals surface area contributed by atoms with Crippen molar-refractivity contribution in [3.05, 3.63) is 78.1 Å². The Balaban J connectivity index is 1.83. The van der Waals surface area contributed by atoms with Crippen LogP contribution in [0.1, 0.15) is 24.5 Å². The molecular weight excluding hydrogens is 319 g/mol. The molecule has 0 aliphatic heterocycles. The first-order valence-corrected chi connectivity index (χ1v) is 8.12. The minimum Gasteiger partial charge on any atom is -0.379 e. The summed E-state index contributed by atoms with van der Waals surface area (Å²) >= 11 is 0. The number of hydrogen-bond acceptors (Lipinski definition) is 3. The highest BCUT2D eigenvalue weighted by Crippen LogP contribution is 2.27. The Morgan fingerprint density at radius 3 is 2.76 bits per heavy atom. The van der Waals surface area contributed by atoms with Crippen LogP contribution in [0.15, 0.2) is 60.8 Å². The van der Waals surface area contributed by atoms with Crippen LogP contribution in [0.5, 0.6) is 0 Å². The topological polar surface area (TPSA) is 55.9 Å². The van der Waals surface area contributed by atoms with Gasteiger partial charge < -0.3 is 9.67 Å². The maximum atomic E-state index is 13.6. The fraction of sp³-hybridized carbons (Fsp3) is 0.158. The number of aliphatic hydroxyl groups is 1. The lowest BCUT2D eigenvalue weighted by atomic mass is 10.2. The van der Waals surface area contributed by atoms with Gasteiger partial charge in [0.1, 0.15) is 11.6 Å². The van der Waals surface area contributed by atoms with Crippen molar-refractivity contribution < 1.29 is 9.50 Å². The summed E-state index contributed by atoms with van der Waals surface area (Å²) in [4.78, 5) is 4.59. The van der Waals surface area contributed by atoms with Crippen molar-refractivity contribution in [2.75, 3.05) is 0 Å². The van der Waals surface area contributed by atoms with Crippen LogP contribution in [0.25, 0.3) is 16.7 Å². The molecule has 0 radical (unpaired) electrons. The van der Waals surface area contributed by atoms with E-state index in [0.29, 0.717) is 23.8 Å². The van der Waals surface area contributed by atoms with E-state index in [2.05, 4.69) is 10.1 Å². The lowest BCUT2D eigenvalue weighted by Gasteiger charge is -2.15.